The summed E-state index contributed by atoms with van der Waals surface area (Å²) in [5, 5.41) is 0. The van der Waals surface area contributed by atoms with Crippen molar-refractivity contribution in [3.63, 3.8) is 0 Å². The van der Waals surface area contributed by atoms with Crippen molar-refractivity contribution < 1.29 is 9.18 Å². The molecule has 0 radical (unpaired) electrons. The molecular formula is C20H29FN2O. The van der Waals surface area contributed by atoms with E-state index < -0.39 is 0 Å². The minimum absolute atomic E-state index is 0.162. The molecular weight excluding hydrogens is 303 g/mol. The van der Waals surface area contributed by atoms with Crippen LogP contribution < -0.4 is 0 Å². The number of rotatable bonds is 6. The van der Waals surface area contributed by atoms with Crippen molar-refractivity contribution in [1.82, 2.24) is 9.80 Å². The molecule has 132 valence electrons. The van der Waals surface area contributed by atoms with Gasteiger partial charge in [-0.1, -0.05) is 12.1 Å². The summed E-state index contributed by atoms with van der Waals surface area (Å²) in [5.74, 6) is 0.872. The lowest BCUT2D eigenvalue weighted by atomic mass is 9.91. The van der Waals surface area contributed by atoms with E-state index in [-0.39, 0.29) is 5.82 Å². The number of benzene rings is 1. The molecule has 24 heavy (non-hydrogen) atoms. The molecule has 3 rings (SSSR count). The number of nitrogens with zero attached hydrogens (tertiary/aromatic N) is 2. The number of piperidine rings is 1. The third-order valence-electron chi connectivity index (χ3n) is 5.46. The zero-order valence-corrected chi connectivity index (χ0v) is 14.6. The molecule has 0 saturated carbocycles. The highest BCUT2D eigenvalue weighted by atomic mass is 19.1. The molecule has 2 aliphatic rings. The molecule has 1 aromatic rings. The summed E-state index contributed by atoms with van der Waals surface area (Å²) < 4.78 is 13.0. The van der Waals surface area contributed by atoms with E-state index in [0.29, 0.717) is 18.2 Å². The average molecular weight is 332 g/mol. The fourth-order valence-electron chi connectivity index (χ4n) is 3.99. The van der Waals surface area contributed by atoms with Crippen LogP contribution in [0.5, 0.6) is 0 Å². The number of halogens is 1. The predicted octanol–water partition coefficient (Wildman–Crippen LogP) is 3.48. The lowest BCUT2D eigenvalue weighted by Gasteiger charge is -2.33. The Morgan fingerprint density at radius 1 is 1.08 bits per heavy atom. The highest BCUT2D eigenvalue weighted by molar-refractivity contribution is 5.76. The zero-order chi connectivity index (χ0) is 16.8. The van der Waals surface area contributed by atoms with E-state index >= 15 is 0 Å². The van der Waals surface area contributed by atoms with Gasteiger partial charge in [0.1, 0.15) is 5.82 Å². The van der Waals surface area contributed by atoms with E-state index in [4.69, 9.17) is 0 Å². The molecule has 1 amide bonds. The van der Waals surface area contributed by atoms with Crippen molar-refractivity contribution in [2.75, 3.05) is 32.7 Å². The molecule has 4 heteroatoms. The maximum absolute atomic E-state index is 13.0. The summed E-state index contributed by atoms with van der Waals surface area (Å²) in [6.07, 6.45) is 7.68. The number of amides is 1. The SMILES string of the molecule is O=C(CCN1CCC[C@H](CCc2ccc(F)cc2)C1)N1CCCC1. The Morgan fingerprint density at radius 3 is 2.58 bits per heavy atom. The molecule has 0 bridgehead atoms. The van der Waals surface area contributed by atoms with E-state index in [2.05, 4.69) is 4.90 Å². The van der Waals surface area contributed by atoms with Gasteiger partial charge in [-0.25, -0.2) is 4.39 Å². The molecule has 2 saturated heterocycles. The molecule has 0 unspecified atom stereocenters. The van der Waals surface area contributed by atoms with E-state index in [1.54, 1.807) is 12.1 Å². The predicted molar refractivity (Wildman–Crippen MR) is 94.3 cm³/mol. The Kier molecular flexibility index (Phi) is 6.24. The van der Waals surface area contributed by atoms with Gasteiger partial charge in [0.05, 0.1) is 0 Å². The number of hydrogen-bond donors (Lipinski definition) is 0. The van der Waals surface area contributed by atoms with Crippen molar-refractivity contribution in [3.8, 4) is 0 Å². The van der Waals surface area contributed by atoms with E-state index in [0.717, 1.165) is 45.6 Å². The largest absolute Gasteiger partial charge is 0.343 e. The first-order valence-corrected chi connectivity index (χ1v) is 9.45. The van der Waals surface area contributed by atoms with Crippen LogP contribution in [0, 0.1) is 11.7 Å². The van der Waals surface area contributed by atoms with Crippen molar-refractivity contribution >= 4 is 5.91 Å². The van der Waals surface area contributed by atoms with Crippen molar-refractivity contribution in [3.05, 3.63) is 35.6 Å². The van der Waals surface area contributed by atoms with Crippen LogP contribution in [-0.4, -0.2) is 48.4 Å². The van der Waals surface area contributed by atoms with Gasteiger partial charge in [-0.3, -0.25) is 4.79 Å². The second-order valence-electron chi connectivity index (χ2n) is 7.31. The molecule has 2 aliphatic heterocycles. The topological polar surface area (TPSA) is 23.6 Å². The third-order valence-corrected chi connectivity index (χ3v) is 5.46. The van der Waals surface area contributed by atoms with Crippen LogP contribution in [0.15, 0.2) is 24.3 Å². The molecule has 2 fully saturated rings. The van der Waals surface area contributed by atoms with Gasteiger partial charge in [-0.15, -0.1) is 0 Å². The molecule has 1 atom stereocenters. The Hall–Kier alpha value is -1.42. The van der Waals surface area contributed by atoms with Gasteiger partial charge < -0.3 is 9.80 Å². The standard InChI is InChI=1S/C20H29FN2O/c21-19-9-7-17(8-10-19)5-6-18-4-3-12-22(16-18)15-11-20(24)23-13-1-2-14-23/h7-10,18H,1-6,11-16H2/t18-/m1/s1. The van der Waals surface area contributed by atoms with Crippen molar-refractivity contribution in [2.45, 2.75) is 44.9 Å². The van der Waals surface area contributed by atoms with E-state index in [9.17, 15) is 9.18 Å². The van der Waals surface area contributed by atoms with E-state index in [1.807, 2.05) is 17.0 Å². The quantitative estimate of drug-likeness (QED) is 0.796. The molecule has 0 aromatic heterocycles. The second-order valence-corrected chi connectivity index (χ2v) is 7.31. The third kappa shape index (κ3) is 5.04. The van der Waals surface area contributed by atoms with Gasteiger partial charge in [0, 0.05) is 32.6 Å². The first-order chi connectivity index (χ1) is 11.7. The number of carbonyl (C=O) groups excluding carboxylic acids is 1. The number of aryl methyl sites for hydroxylation is 1. The van der Waals surface area contributed by atoms with Crippen LogP contribution in [0.25, 0.3) is 0 Å². The lowest BCUT2D eigenvalue weighted by Crippen LogP contribution is -2.38. The van der Waals surface area contributed by atoms with Gasteiger partial charge in [0.25, 0.3) is 0 Å². The van der Waals surface area contributed by atoms with Crippen molar-refractivity contribution in [2.24, 2.45) is 5.92 Å². The number of carbonyl (C=O) groups is 1. The maximum atomic E-state index is 13.0. The fourth-order valence-corrected chi connectivity index (χ4v) is 3.99. The van der Waals surface area contributed by atoms with Crippen LogP contribution in [0.2, 0.25) is 0 Å². The van der Waals surface area contributed by atoms with Crippen LogP contribution in [0.4, 0.5) is 4.39 Å². The summed E-state index contributed by atoms with van der Waals surface area (Å²) in [5.41, 5.74) is 1.22. The fraction of sp³-hybridized carbons (Fsp3) is 0.650. The molecule has 0 aliphatic carbocycles. The molecule has 3 nitrogen and oxygen atoms in total. The number of likely N-dealkylation sites (tertiary alicyclic amines) is 2. The smallest absolute Gasteiger partial charge is 0.223 e. The summed E-state index contributed by atoms with van der Waals surface area (Å²) in [6, 6.07) is 6.88. The summed E-state index contributed by atoms with van der Waals surface area (Å²) in [4.78, 5) is 16.7. The van der Waals surface area contributed by atoms with Crippen LogP contribution in [0.1, 0.15) is 44.1 Å². The summed E-state index contributed by atoms with van der Waals surface area (Å²) in [6.45, 7) is 5.05. The molecule has 2 heterocycles. The van der Waals surface area contributed by atoms with Crippen molar-refractivity contribution in [1.29, 1.82) is 0 Å². The van der Waals surface area contributed by atoms with Crippen LogP contribution in [0.3, 0.4) is 0 Å². The highest BCUT2D eigenvalue weighted by Gasteiger charge is 2.22. The zero-order valence-electron chi connectivity index (χ0n) is 14.6. The van der Waals surface area contributed by atoms with Crippen LogP contribution >= 0.6 is 0 Å². The minimum atomic E-state index is -0.162. The Balaban J connectivity index is 1.39. The van der Waals surface area contributed by atoms with Gasteiger partial charge in [-0.2, -0.15) is 0 Å². The number of hydrogen-bond acceptors (Lipinski definition) is 2. The Bertz CT molecular complexity index is 525. The van der Waals surface area contributed by atoms with Gasteiger partial charge in [0.15, 0.2) is 0 Å². The molecule has 0 N–H and O–H groups in total. The first kappa shape index (κ1) is 17.4. The summed E-state index contributed by atoms with van der Waals surface area (Å²) >= 11 is 0. The minimum Gasteiger partial charge on any atom is -0.343 e. The van der Waals surface area contributed by atoms with E-state index in [1.165, 1.54) is 31.2 Å². The monoisotopic (exact) mass is 332 g/mol. The summed E-state index contributed by atoms with van der Waals surface area (Å²) in [7, 11) is 0. The average Bonchev–Trinajstić information content (AvgIpc) is 3.14. The van der Waals surface area contributed by atoms with Gasteiger partial charge >= 0.3 is 0 Å². The molecule has 1 aromatic carbocycles. The maximum Gasteiger partial charge on any atom is 0.223 e. The highest BCUT2D eigenvalue weighted by Crippen LogP contribution is 2.22. The normalized spacial score (nSPS) is 22.0. The Morgan fingerprint density at radius 2 is 1.83 bits per heavy atom. The Labute approximate surface area is 144 Å². The van der Waals surface area contributed by atoms with Gasteiger partial charge in [0.2, 0.25) is 5.91 Å². The second kappa shape index (κ2) is 8.61. The first-order valence-electron chi connectivity index (χ1n) is 9.45. The molecule has 0 spiro atoms. The van der Waals surface area contributed by atoms with Crippen LogP contribution in [-0.2, 0) is 11.2 Å². The lowest BCUT2D eigenvalue weighted by molar-refractivity contribution is -0.130. The van der Waals surface area contributed by atoms with Gasteiger partial charge in [-0.05, 0) is 68.7 Å².